The Hall–Kier alpha value is -0.140. The molecule has 21 heavy (non-hydrogen) atoms. The summed E-state index contributed by atoms with van der Waals surface area (Å²) in [6.07, 6.45) is 2.18. The highest BCUT2D eigenvalue weighted by atomic mass is 79.9. The minimum atomic E-state index is -3.19. The summed E-state index contributed by atoms with van der Waals surface area (Å²) in [5, 5.41) is 3.32. The van der Waals surface area contributed by atoms with Gasteiger partial charge >= 0.3 is 0 Å². The molecule has 0 saturated carbocycles. The van der Waals surface area contributed by atoms with E-state index in [9.17, 15) is 8.42 Å². The standard InChI is InChI=1S/C14H21BrN2O2S.ClH/c1-17(13-6-8-16-9-7-13)10-11-20(18,19)14-4-2-12(15)3-5-14;/h2-5,13,16H,6-11H2,1H3;1H. The summed E-state index contributed by atoms with van der Waals surface area (Å²) in [7, 11) is -1.17. The van der Waals surface area contributed by atoms with Crippen LogP contribution in [0.1, 0.15) is 12.8 Å². The molecule has 1 heterocycles. The first-order chi connectivity index (χ1) is 9.49. The van der Waals surface area contributed by atoms with E-state index in [1.165, 1.54) is 0 Å². The minimum absolute atomic E-state index is 0. The Morgan fingerprint density at radius 1 is 1.24 bits per heavy atom. The zero-order valence-electron chi connectivity index (χ0n) is 12.1. The van der Waals surface area contributed by atoms with Gasteiger partial charge < -0.3 is 10.2 Å². The molecule has 120 valence electrons. The van der Waals surface area contributed by atoms with E-state index in [2.05, 4.69) is 26.1 Å². The Bertz CT molecular complexity index is 530. The first-order valence-electron chi connectivity index (χ1n) is 6.88. The molecule has 1 aliphatic rings. The average molecular weight is 398 g/mol. The molecule has 0 radical (unpaired) electrons. The molecule has 2 rings (SSSR count). The van der Waals surface area contributed by atoms with Gasteiger partial charge in [0.05, 0.1) is 10.6 Å². The Labute approximate surface area is 141 Å². The van der Waals surface area contributed by atoms with Crippen LogP contribution in [0.3, 0.4) is 0 Å². The van der Waals surface area contributed by atoms with Crippen LogP contribution in [0.5, 0.6) is 0 Å². The van der Waals surface area contributed by atoms with Crippen LogP contribution in [-0.4, -0.2) is 51.8 Å². The molecule has 1 saturated heterocycles. The predicted octanol–water partition coefficient (Wildman–Crippen LogP) is 2.33. The number of halogens is 2. The number of hydrogen-bond donors (Lipinski definition) is 1. The third-order valence-electron chi connectivity index (χ3n) is 3.82. The maximum absolute atomic E-state index is 12.3. The van der Waals surface area contributed by atoms with Crippen molar-refractivity contribution in [3.05, 3.63) is 28.7 Å². The van der Waals surface area contributed by atoms with Gasteiger partial charge in [0.15, 0.2) is 9.84 Å². The molecule has 7 heteroatoms. The van der Waals surface area contributed by atoms with Gasteiger partial charge in [-0.1, -0.05) is 15.9 Å². The van der Waals surface area contributed by atoms with Gasteiger partial charge in [-0.05, 0) is 57.2 Å². The summed E-state index contributed by atoms with van der Waals surface area (Å²) < 4.78 is 25.4. The van der Waals surface area contributed by atoms with Gasteiger partial charge in [-0.15, -0.1) is 12.4 Å². The molecule has 0 unspecified atom stereocenters. The van der Waals surface area contributed by atoms with Crippen molar-refractivity contribution in [1.82, 2.24) is 10.2 Å². The lowest BCUT2D eigenvalue weighted by atomic mass is 10.1. The third-order valence-corrected chi connectivity index (χ3v) is 6.06. The smallest absolute Gasteiger partial charge is 0.179 e. The van der Waals surface area contributed by atoms with E-state index in [0.717, 1.165) is 30.4 Å². The highest BCUT2D eigenvalue weighted by molar-refractivity contribution is 9.10. The first kappa shape index (κ1) is 18.9. The van der Waals surface area contributed by atoms with Crippen molar-refractivity contribution in [1.29, 1.82) is 0 Å². The summed E-state index contributed by atoms with van der Waals surface area (Å²) in [6.45, 7) is 2.63. The van der Waals surface area contributed by atoms with E-state index in [-0.39, 0.29) is 18.2 Å². The molecule has 1 N–H and O–H groups in total. The average Bonchev–Trinajstić information content (AvgIpc) is 2.46. The largest absolute Gasteiger partial charge is 0.317 e. The molecule has 0 aromatic heterocycles. The lowest BCUT2D eigenvalue weighted by molar-refractivity contribution is 0.209. The van der Waals surface area contributed by atoms with E-state index in [1.54, 1.807) is 24.3 Å². The van der Waals surface area contributed by atoms with Crippen molar-refractivity contribution in [2.45, 2.75) is 23.8 Å². The SMILES string of the molecule is CN(CCS(=O)(=O)c1ccc(Br)cc1)C1CCNCC1.Cl. The molecule has 0 bridgehead atoms. The number of nitrogens with zero attached hydrogens (tertiary/aromatic N) is 1. The number of sulfone groups is 1. The maximum Gasteiger partial charge on any atom is 0.179 e. The Balaban J connectivity index is 0.00000220. The Kier molecular flexibility index (Phi) is 7.64. The van der Waals surface area contributed by atoms with Crippen molar-refractivity contribution >= 4 is 38.2 Å². The quantitative estimate of drug-likeness (QED) is 0.828. The number of nitrogens with one attached hydrogen (secondary N) is 1. The zero-order chi connectivity index (χ0) is 14.6. The van der Waals surface area contributed by atoms with Gasteiger partial charge in [-0.25, -0.2) is 8.42 Å². The predicted molar refractivity (Wildman–Crippen MR) is 92.0 cm³/mol. The fourth-order valence-electron chi connectivity index (χ4n) is 2.45. The van der Waals surface area contributed by atoms with E-state index in [0.29, 0.717) is 17.5 Å². The van der Waals surface area contributed by atoms with Crippen molar-refractivity contribution < 1.29 is 8.42 Å². The summed E-state index contributed by atoms with van der Waals surface area (Å²) in [5.41, 5.74) is 0. The number of rotatable bonds is 5. The van der Waals surface area contributed by atoms with Crippen LogP contribution in [-0.2, 0) is 9.84 Å². The third kappa shape index (κ3) is 5.53. The zero-order valence-corrected chi connectivity index (χ0v) is 15.3. The number of piperidine rings is 1. The summed E-state index contributed by atoms with van der Waals surface area (Å²) in [6, 6.07) is 7.34. The van der Waals surface area contributed by atoms with Crippen LogP contribution < -0.4 is 5.32 Å². The van der Waals surface area contributed by atoms with Crippen LogP contribution in [0.25, 0.3) is 0 Å². The highest BCUT2D eigenvalue weighted by Gasteiger charge is 2.20. The Morgan fingerprint density at radius 2 is 1.81 bits per heavy atom. The lowest BCUT2D eigenvalue weighted by Crippen LogP contribution is -2.42. The van der Waals surface area contributed by atoms with Gasteiger partial charge in [-0.2, -0.15) is 0 Å². The van der Waals surface area contributed by atoms with E-state index in [4.69, 9.17) is 0 Å². The molecule has 1 aromatic rings. The maximum atomic E-state index is 12.3. The lowest BCUT2D eigenvalue weighted by Gasteiger charge is -2.31. The van der Waals surface area contributed by atoms with Crippen molar-refractivity contribution in [2.24, 2.45) is 0 Å². The van der Waals surface area contributed by atoms with Crippen molar-refractivity contribution in [3.8, 4) is 0 Å². The fourth-order valence-corrected chi connectivity index (χ4v) is 4.03. The summed E-state index contributed by atoms with van der Waals surface area (Å²) >= 11 is 3.32. The minimum Gasteiger partial charge on any atom is -0.317 e. The highest BCUT2D eigenvalue weighted by Crippen LogP contribution is 2.17. The van der Waals surface area contributed by atoms with Crippen LogP contribution in [0.4, 0.5) is 0 Å². The number of benzene rings is 1. The number of hydrogen-bond acceptors (Lipinski definition) is 4. The van der Waals surface area contributed by atoms with Crippen LogP contribution in [0, 0.1) is 0 Å². The van der Waals surface area contributed by atoms with Gasteiger partial charge in [0.2, 0.25) is 0 Å². The van der Waals surface area contributed by atoms with Gasteiger partial charge in [0.1, 0.15) is 0 Å². The van der Waals surface area contributed by atoms with Crippen molar-refractivity contribution in [3.63, 3.8) is 0 Å². The van der Waals surface area contributed by atoms with Crippen LogP contribution >= 0.6 is 28.3 Å². The first-order valence-corrected chi connectivity index (χ1v) is 9.33. The normalized spacial score (nSPS) is 16.7. The van der Waals surface area contributed by atoms with Gasteiger partial charge in [0.25, 0.3) is 0 Å². The van der Waals surface area contributed by atoms with Crippen LogP contribution in [0.15, 0.2) is 33.6 Å². The van der Waals surface area contributed by atoms with Crippen LogP contribution in [0.2, 0.25) is 0 Å². The summed E-state index contributed by atoms with van der Waals surface area (Å²) in [4.78, 5) is 2.58. The molecule has 4 nitrogen and oxygen atoms in total. The van der Waals surface area contributed by atoms with Gasteiger partial charge in [0, 0.05) is 17.1 Å². The topological polar surface area (TPSA) is 49.4 Å². The molecular formula is C14H22BrClN2O2S. The molecule has 1 aromatic carbocycles. The molecule has 1 fully saturated rings. The second-order valence-corrected chi connectivity index (χ2v) is 8.26. The van der Waals surface area contributed by atoms with E-state index < -0.39 is 9.84 Å². The molecule has 1 aliphatic heterocycles. The van der Waals surface area contributed by atoms with Crippen molar-refractivity contribution in [2.75, 3.05) is 32.4 Å². The molecular weight excluding hydrogens is 376 g/mol. The molecule has 0 amide bonds. The molecule has 0 atom stereocenters. The summed E-state index contributed by atoms with van der Waals surface area (Å²) in [5.74, 6) is 0.176. The van der Waals surface area contributed by atoms with E-state index >= 15 is 0 Å². The molecule has 0 aliphatic carbocycles. The Morgan fingerprint density at radius 3 is 2.38 bits per heavy atom. The van der Waals surface area contributed by atoms with E-state index in [1.807, 2.05) is 7.05 Å². The second-order valence-electron chi connectivity index (χ2n) is 5.23. The van der Waals surface area contributed by atoms with Gasteiger partial charge in [-0.3, -0.25) is 0 Å². The molecule has 0 spiro atoms. The monoisotopic (exact) mass is 396 g/mol. The fraction of sp³-hybridized carbons (Fsp3) is 0.571. The second kappa shape index (κ2) is 8.48.